The van der Waals surface area contributed by atoms with Gasteiger partial charge in [-0.15, -0.1) is 0 Å². The van der Waals surface area contributed by atoms with E-state index in [-0.39, 0.29) is 5.91 Å². The minimum Gasteiger partial charge on any atom is -0.497 e. The molecule has 0 aliphatic rings. The average Bonchev–Trinajstić information content (AvgIpc) is 2.51. The highest BCUT2D eigenvalue weighted by Crippen LogP contribution is 2.20. The Morgan fingerprint density at radius 2 is 1.82 bits per heavy atom. The van der Waals surface area contributed by atoms with Crippen LogP contribution >= 0.6 is 15.9 Å². The van der Waals surface area contributed by atoms with Crippen LogP contribution in [-0.4, -0.2) is 19.6 Å². The van der Waals surface area contributed by atoms with Crippen LogP contribution in [0.25, 0.3) is 0 Å². The Hall–Kier alpha value is -2.01. The van der Waals surface area contributed by atoms with Crippen molar-refractivity contribution >= 4 is 33.2 Å². The molecule has 5 heteroatoms. The van der Waals surface area contributed by atoms with Crippen molar-refractivity contribution in [2.24, 2.45) is 0 Å². The Balaban J connectivity index is 1.78. The summed E-state index contributed by atoms with van der Waals surface area (Å²) in [4.78, 5) is 11.9. The van der Waals surface area contributed by atoms with Gasteiger partial charge in [0.25, 0.3) is 0 Å². The number of amides is 1. The third-order valence-electron chi connectivity index (χ3n) is 3.21. The van der Waals surface area contributed by atoms with Crippen LogP contribution < -0.4 is 15.4 Å². The summed E-state index contributed by atoms with van der Waals surface area (Å²) in [6, 6.07) is 13.3. The van der Waals surface area contributed by atoms with Crippen molar-refractivity contribution in [1.82, 2.24) is 0 Å². The lowest BCUT2D eigenvalue weighted by Gasteiger charge is -2.09. The largest absolute Gasteiger partial charge is 0.497 e. The van der Waals surface area contributed by atoms with Crippen LogP contribution in [0.2, 0.25) is 0 Å². The van der Waals surface area contributed by atoms with Crippen LogP contribution in [-0.2, 0) is 4.79 Å². The average molecular weight is 363 g/mol. The highest BCUT2D eigenvalue weighted by Gasteiger charge is 2.03. The molecule has 0 aliphatic heterocycles. The van der Waals surface area contributed by atoms with Crippen molar-refractivity contribution in [3.05, 3.63) is 52.5 Å². The smallest absolute Gasteiger partial charge is 0.226 e. The first-order chi connectivity index (χ1) is 10.6. The Morgan fingerprint density at radius 3 is 2.45 bits per heavy atom. The minimum atomic E-state index is -0.0218. The number of hydrogen-bond donors (Lipinski definition) is 2. The summed E-state index contributed by atoms with van der Waals surface area (Å²) in [6.07, 6.45) is 0.404. The van der Waals surface area contributed by atoms with Gasteiger partial charge in [-0.2, -0.15) is 0 Å². The third kappa shape index (κ3) is 4.77. The molecule has 0 saturated carbocycles. The molecule has 4 nitrogen and oxygen atoms in total. The van der Waals surface area contributed by atoms with Gasteiger partial charge in [0, 0.05) is 28.8 Å². The van der Waals surface area contributed by atoms with E-state index in [1.54, 1.807) is 7.11 Å². The van der Waals surface area contributed by atoms with Crippen LogP contribution in [0.3, 0.4) is 0 Å². The van der Waals surface area contributed by atoms with Crippen molar-refractivity contribution in [2.75, 3.05) is 24.3 Å². The maximum absolute atomic E-state index is 11.9. The molecule has 0 heterocycles. The number of nitrogens with one attached hydrogen (secondary N) is 2. The second-order valence-electron chi connectivity index (χ2n) is 4.92. The molecule has 2 aromatic carbocycles. The number of ether oxygens (including phenoxy) is 1. The molecule has 0 atom stereocenters. The highest BCUT2D eigenvalue weighted by atomic mass is 79.9. The molecule has 2 N–H and O–H groups in total. The van der Waals surface area contributed by atoms with Crippen LogP contribution in [0.4, 0.5) is 11.4 Å². The molecule has 2 aromatic rings. The van der Waals surface area contributed by atoms with Crippen molar-refractivity contribution in [1.29, 1.82) is 0 Å². The molecule has 0 aromatic heterocycles. The summed E-state index contributed by atoms with van der Waals surface area (Å²) < 4.78 is 6.16. The molecule has 0 spiro atoms. The maximum atomic E-state index is 11.9. The van der Waals surface area contributed by atoms with Gasteiger partial charge in [0.2, 0.25) is 5.91 Å². The van der Waals surface area contributed by atoms with Crippen LogP contribution in [0.15, 0.2) is 46.9 Å². The zero-order valence-corrected chi connectivity index (χ0v) is 14.2. The first-order valence-electron chi connectivity index (χ1n) is 7.02. The highest BCUT2D eigenvalue weighted by molar-refractivity contribution is 9.10. The second-order valence-corrected chi connectivity index (χ2v) is 5.77. The van der Waals surface area contributed by atoms with E-state index in [1.807, 2.05) is 49.4 Å². The first-order valence-corrected chi connectivity index (χ1v) is 7.81. The van der Waals surface area contributed by atoms with Gasteiger partial charge in [0.15, 0.2) is 0 Å². The number of methoxy groups -OCH3 is 1. The van der Waals surface area contributed by atoms with E-state index in [2.05, 4.69) is 26.6 Å². The topological polar surface area (TPSA) is 50.4 Å². The van der Waals surface area contributed by atoms with E-state index in [0.29, 0.717) is 13.0 Å². The second kappa shape index (κ2) is 7.84. The molecule has 0 saturated heterocycles. The van der Waals surface area contributed by atoms with Crippen molar-refractivity contribution < 1.29 is 9.53 Å². The van der Waals surface area contributed by atoms with Crippen LogP contribution in [0.5, 0.6) is 5.75 Å². The van der Waals surface area contributed by atoms with Crippen LogP contribution in [0.1, 0.15) is 12.0 Å². The van der Waals surface area contributed by atoms with Crippen LogP contribution in [0, 0.1) is 6.92 Å². The van der Waals surface area contributed by atoms with E-state index >= 15 is 0 Å². The van der Waals surface area contributed by atoms with Gasteiger partial charge in [-0.25, -0.2) is 0 Å². The fourth-order valence-corrected chi connectivity index (χ4v) is 2.22. The summed E-state index contributed by atoms with van der Waals surface area (Å²) in [5, 5.41) is 6.10. The van der Waals surface area contributed by atoms with Gasteiger partial charge in [0.05, 0.1) is 7.11 Å². The summed E-state index contributed by atoms with van der Waals surface area (Å²) in [6.45, 7) is 2.62. The van der Waals surface area contributed by atoms with E-state index in [1.165, 1.54) is 0 Å². The number of benzene rings is 2. The van der Waals surface area contributed by atoms with Gasteiger partial charge in [-0.05, 0) is 55.0 Å². The van der Waals surface area contributed by atoms with E-state index in [9.17, 15) is 4.79 Å². The fraction of sp³-hybridized carbons (Fsp3) is 0.235. The van der Waals surface area contributed by atoms with Crippen molar-refractivity contribution in [2.45, 2.75) is 13.3 Å². The number of aryl methyl sites for hydroxylation is 1. The normalized spacial score (nSPS) is 10.1. The predicted molar refractivity (Wildman–Crippen MR) is 93.6 cm³/mol. The maximum Gasteiger partial charge on any atom is 0.226 e. The van der Waals surface area contributed by atoms with Crippen molar-refractivity contribution in [3.63, 3.8) is 0 Å². The van der Waals surface area contributed by atoms with Gasteiger partial charge in [-0.1, -0.05) is 15.9 Å². The summed E-state index contributed by atoms with van der Waals surface area (Å²) in [5.41, 5.74) is 2.94. The van der Waals surface area contributed by atoms with Gasteiger partial charge in [0.1, 0.15) is 5.75 Å². The molecule has 0 bridgehead atoms. The Morgan fingerprint density at radius 1 is 1.14 bits per heavy atom. The molecular weight excluding hydrogens is 344 g/mol. The standard InChI is InChI=1S/C17H19BrN2O2/c1-12-11-14(5-8-16(12)18)19-10-9-17(21)20-13-3-6-15(22-2)7-4-13/h3-8,11,19H,9-10H2,1-2H3,(H,20,21). The summed E-state index contributed by atoms with van der Waals surface area (Å²) in [5.74, 6) is 0.747. The van der Waals surface area contributed by atoms with E-state index in [0.717, 1.165) is 27.2 Å². The van der Waals surface area contributed by atoms with E-state index in [4.69, 9.17) is 4.74 Å². The predicted octanol–water partition coefficient (Wildman–Crippen LogP) is 4.21. The number of anilines is 2. The van der Waals surface area contributed by atoms with E-state index < -0.39 is 0 Å². The van der Waals surface area contributed by atoms with Gasteiger partial charge >= 0.3 is 0 Å². The zero-order chi connectivity index (χ0) is 15.9. The molecule has 0 aliphatic carbocycles. The number of rotatable bonds is 6. The number of carbonyl (C=O) groups excluding carboxylic acids is 1. The Bertz CT molecular complexity index is 642. The molecule has 1 amide bonds. The SMILES string of the molecule is COc1ccc(NC(=O)CCNc2ccc(Br)c(C)c2)cc1. The number of carbonyl (C=O) groups is 1. The Kier molecular flexibility index (Phi) is 5.83. The molecule has 0 unspecified atom stereocenters. The fourth-order valence-electron chi connectivity index (χ4n) is 1.97. The first kappa shape index (κ1) is 16.4. The molecule has 0 fully saturated rings. The molecule has 0 radical (unpaired) electrons. The quantitative estimate of drug-likeness (QED) is 0.809. The van der Waals surface area contributed by atoms with Gasteiger partial charge in [-0.3, -0.25) is 4.79 Å². The lowest BCUT2D eigenvalue weighted by atomic mass is 10.2. The molecule has 22 heavy (non-hydrogen) atoms. The zero-order valence-electron chi connectivity index (χ0n) is 12.7. The van der Waals surface area contributed by atoms with Gasteiger partial charge < -0.3 is 15.4 Å². The lowest BCUT2D eigenvalue weighted by molar-refractivity contribution is -0.115. The number of halogens is 1. The summed E-state index contributed by atoms with van der Waals surface area (Å²) >= 11 is 3.47. The lowest BCUT2D eigenvalue weighted by Crippen LogP contribution is -2.16. The molecular formula is C17H19BrN2O2. The third-order valence-corrected chi connectivity index (χ3v) is 4.10. The van der Waals surface area contributed by atoms with Crippen molar-refractivity contribution in [3.8, 4) is 5.75 Å². The molecule has 116 valence electrons. The monoisotopic (exact) mass is 362 g/mol. The minimum absolute atomic E-state index is 0.0218. The Labute approximate surface area is 139 Å². The summed E-state index contributed by atoms with van der Waals surface area (Å²) in [7, 11) is 1.61. The molecule has 2 rings (SSSR count). The number of hydrogen-bond acceptors (Lipinski definition) is 3.